The third kappa shape index (κ3) is 5.24. The maximum atomic E-state index is 13.8. The number of nitrogens with one attached hydrogen (secondary N) is 2. The number of carbonyl (C=O) groups excluding carboxylic acids is 1. The van der Waals surface area contributed by atoms with Gasteiger partial charge in [0.1, 0.15) is 10.7 Å². The van der Waals surface area contributed by atoms with Crippen molar-refractivity contribution in [2.45, 2.75) is 11.8 Å². The first kappa shape index (κ1) is 21.5. The van der Waals surface area contributed by atoms with Gasteiger partial charge in [0, 0.05) is 18.8 Å². The largest absolute Gasteiger partial charge is 0.379 e. The van der Waals surface area contributed by atoms with Crippen LogP contribution in [0.1, 0.15) is 5.56 Å². The van der Waals surface area contributed by atoms with Crippen LogP contribution in [0.2, 0.25) is 5.02 Å². The topological polar surface area (TPSA) is 87.7 Å². The highest BCUT2D eigenvalue weighted by Gasteiger charge is 2.28. The van der Waals surface area contributed by atoms with E-state index in [1.165, 1.54) is 28.6 Å². The van der Waals surface area contributed by atoms with E-state index in [1.54, 1.807) is 19.1 Å². The van der Waals surface area contributed by atoms with Gasteiger partial charge in [0.15, 0.2) is 0 Å². The summed E-state index contributed by atoms with van der Waals surface area (Å²) < 4.78 is 46.0. The minimum absolute atomic E-state index is 0.0642. The summed E-state index contributed by atoms with van der Waals surface area (Å²) in [6.45, 7) is 2.68. The number of anilines is 2. The molecule has 1 aliphatic rings. The summed E-state index contributed by atoms with van der Waals surface area (Å²) >= 11 is 6.10. The van der Waals surface area contributed by atoms with Crippen molar-refractivity contribution in [3.05, 3.63) is 52.8 Å². The Morgan fingerprint density at radius 2 is 1.93 bits per heavy atom. The minimum atomic E-state index is -3.81. The lowest BCUT2D eigenvalue weighted by atomic mass is 10.2. The molecule has 0 bridgehead atoms. The number of amides is 1. The first-order chi connectivity index (χ1) is 13.8. The number of carbonyl (C=O) groups is 1. The molecule has 0 aromatic heterocycles. The summed E-state index contributed by atoms with van der Waals surface area (Å²) in [5.41, 5.74) is 1.25. The molecule has 0 spiro atoms. The molecule has 0 radical (unpaired) electrons. The second-order valence-corrected chi connectivity index (χ2v) is 8.86. The number of morpholine rings is 1. The summed E-state index contributed by atoms with van der Waals surface area (Å²) in [6.07, 6.45) is 0. The predicted octanol–water partition coefficient (Wildman–Crippen LogP) is 2.86. The van der Waals surface area contributed by atoms with Crippen molar-refractivity contribution in [2.24, 2.45) is 0 Å². The molecule has 0 atom stereocenters. The first-order valence-corrected chi connectivity index (χ1v) is 10.8. The highest BCUT2D eigenvalue weighted by molar-refractivity contribution is 7.89. The Labute approximate surface area is 173 Å². The zero-order chi connectivity index (χ0) is 21.0. The molecule has 0 unspecified atom stereocenters. The average Bonchev–Trinajstić information content (AvgIpc) is 2.69. The van der Waals surface area contributed by atoms with Crippen LogP contribution in [0.3, 0.4) is 0 Å². The van der Waals surface area contributed by atoms with E-state index in [-0.39, 0.29) is 40.9 Å². The fourth-order valence-electron chi connectivity index (χ4n) is 2.85. The number of benzene rings is 2. The van der Waals surface area contributed by atoms with Gasteiger partial charge in [-0.1, -0.05) is 17.7 Å². The molecule has 1 fully saturated rings. The van der Waals surface area contributed by atoms with Crippen LogP contribution in [0, 0.1) is 12.7 Å². The molecule has 156 valence electrons. The number of rotatable bonds is 6. The molecule has 2 N–H and O–H groups in total. The smallest absolute Gasteiger partial charge is 0.244 e. The van der Waals surface area contributed by atoms with Gasteiger partial charge >= 0.3 is 0 Å². The number of ether oxygens (including phenoxy) is 1. The predicted molar refractivity (Wildman–Crippen MR) is 109 cm³/mol. The summed E-state index contributed by atoms with van der Waals surface area (Å²) in [5, 5.41) is 5.37. The number of hydrogen-bond donors (Lipinski definition) is 2. The molecule has 2 aromatic rings. The third-order valence-corrected chi connectivity index (χ3v) is 6.75. The standard InChI is InChI=1S/C19H21ClFN3O4S/c1-13-2-5-17(16(21)10-13)22-12-19(25)23-14-3-4-15(20)18(11-14)29(26,27)24-6-8-28-9-7-24/h2-5,10-11,22H,6-9,12H2,1H3,(H,23,25). The second kappa shape index (κ2) is 9.08. The second-order valence-electron chi connectivity index (χ2n) is 6.55. The van der Waals surface area contributed by atoms with Crippen LogP contribution >= 0.6 is 11.6 Å². The Bertz CT molecular complexity index is 1010. The minimum Gasteiger partial charge on any atom is -0.379 e. The Morgan fingerprint density at radius 3 is 2.62 bits per heavy atom. The molecule has 1 amide bonds. The summed E-state index contributed by atoms with van der Waals surface area (Å²) in [7, 11) is -3.81. The van der Waals surface area contributed by atoms with Gasteiger partial charge < -0.3 is 15.4 Å². The average molecular weight is 442 g/mol. The van der Waals surface area contributed by atoms with Crippen LogP contribution in [0.15, 0.2) is 41.3 Å². The van der Waals surface area contributed by atoms with Gasteiger partial charge in [0.05, 0.1) is 30.5 Å². The molecule has 0 saturated carbocycles. The molecule has 7 nitrogen and oxygen atoms in total. The SMILES string of the molecule is Cc1ccc(NCC(=O)Nc2ccc(Cl)c(S(=O)(=O)N3CCOCC3)c2)c(F)c1. The zero-order valence-corrected chi connectivity index (χ0v) is 17.3. The van der Waals surface area contributed by atoms with Crippen LogP contribution in [0.4, 0.5) is 15.8 Å². The number of nitrogens with zero attached hydrogens (tertiary/aromatic N) is 1. The van der Waals surface area contributed by atoms with E-state index in [0.717, 1.165) is 5.56 Å². The van der Waals surface area contributed by atoms with E-state index in [0.29, 0.717) is 13.2 Å². The van der Waals surface area contributed by atoms with E-state index in [4.69, 9.17) is 16.3 Å². The van der Waals surface area contributed by atoms with Gasteiger partial charge in [-0.3, -0.25) is 4.79 Å². The Hall–Kier alpha value is -2.20. The molecule has 3 rings (SSSR count). The number of sulfonamides is 1. The van der Waals surface area contributed by atoms with Gasteiger partial charge in [-0.25, -0.2) is 12.8 Å². The summed E-state index contributed by atoms with van der Waals surface area (Å²) in [6, 6.07) is 8.88. The molecule has 1 heterocycles. The molecule has 1 aliphatic heterocycles. The third-order valence-electron chi connectivity index (χ3n) is 4.37. The monoisotopic (exact) mass is 441 g/mol. The molecule has 0 aliphatic carbocycles. The Kier molecular flexibility index (Phi) is 6.74. The van der Waals surface area contributed by atoms with E-state index >= 15 is 0 Å². The van der Waals surface area contributed by atoms with Gasteiger partial charge in [-0.2, -0.15) is 4.31 Å². The fourth-order valence-corrected chi connectivity index (χ4v) is 4.76. The number of halogens is 2. The molecular formula is C19H21ClFN3O4S. The normalized spacial score (nSPS) is 15.1. The van der Waals surface area contributed by atoms with Crippen molar-refractivity contribution >= 4 is 38.9 Å². The van der Waals surface area contributed by atoms with Crippen molar-refractivity contribution in [3.8, 4) is 0 Å². The first-order valence-electron chi connectivity index (χ1n) is 8.95. The molecule has 2 aromatic carbocycles. The van der Waals surface area contributed by atoms with Gasteiger partial charge in [0.25, 0.3) is 0 Å². The Balaban J connectivity index is 1.69. The van der Waals surface area contributed by atoms with Crippen LogP contribution in [-0.2, 0) is 19.6 Å². The van der Waals surface area contributed by atoms with E-state index in [1.807, 2.05) is 0 Å². The highest BCUT2D eigenvalue weighted by atomic mass is 35.5. The van der Waals surface area contributed by atoms with Gasteiger partial charge in [-0.05, 0) is 42.8 Å². The van der Waals surface area contributed by atoms with Crippen molar-refractivity contribution in [1.29, 1.82) is 0 Å². The number of hydrogen-bond acceptors (Lipinski definition) is 5. The summed E-state index contributed by atoms with van der Waals surface area (Å²) in [5.74, 6) is -0.912. The molecule has 29 heavy (non-hydrogen) atoms. The zero-order valence-electron chi connectivity index (χ0n) is 15.7. The lowest BCUT2D eigenvalue weighted by molar-refractivity contribution is -0.114. The lowest BCUT2D eigenvalue weighted by Gasteiger charge is -2.26. The van der Waals surface area contributed by atoms with Crippen LogP contribution in [0.5, 0.6) is 0 Å². The lowest BCUT2D eigenvalue weighted by Crippen LogP contribution is -2.40. The van der Waals surface area contributed by atoms with E-state index < -0.39 is 21.7 Å². The number of aryl methyl sites for hydroxylation is 1. The van der Waals surface area contributed by atoms with E-state index in [2.05, 4.69) is 10.6 Å². The van der Waals surface area contributed by atoms with Crippen LogP contribution in [-0.4, -0.2) is 51.5 Å². The van der Waals surface area contributed by atoms with Crippen LogP contribution in [0.25, 0.3) is 0 Å². The van der Waals surface area contributed by atoms with Gasteiger partial charge in [-0.15, -0.1) is 0 Å². The molecule has 10 heteroatoms. The molecule has 1 saturated heterocycles. The van der Waals surface area contributed by atoms with Crippen molar-refractivity contribution in [2.75, 3.05) is 43.5 Å². The maximum Gasteiger partial charge on any atom is 0.244 e. The molecular weight excluding hydrogens is 421 g/mol. The Morgan fingerprint density at radius 1 is 1.21 bits per heavy atom. The quantitative estimate of drug-likeness (QED) is 0.719. The van der Waals surface area contributed by atoms with E-state index in [9.17, 15) is 17.6 Å². The van der Waals surface area contributed by atoms with Crippen molar-refractivity contribution in [3.63, 3.8) is 0 Å². The fraction of sp³-hybridized carbons (Fsp3) is 0.316. The van der Waals surface area contributed by atoms with Crippen LogP contribution < -0.4 is 10.6 Å². The van der Waals surface area contributed by atoms with Crippen molar-refractivity contribution < 1.29 is 22.3 Å². The van der Waals surface area contributed by atoms with Crippen molar-refractivity contribution in [1.82, 2.24) is 4.31 Å². The van der Waals surface area contributed by atoms with Gasteiger partial charge in [0.2, 0.25) is 15.9 Å². The summed E-state index contributed by atoms with van der Waals surface area (Å²) in [4.78, 5) is 12.1. The maximum absolute atomic E-state index is 13.8. The highest BCUT2D eigenvalue weighted by Crippen LogP contribution is 2.28.